The molecule has 2 atom stereocenters. The Kier molecular flexibility index (Phi) is 6.32. The molecular formula is C13H27NO2. The van der Waals surface area contributed by atoms with E-state index < -0.39 is 0 Å². The highest BCUT2D eigenvalue weighted by Crippen LogP contribution is 2.21. The molecule has 1 rings (SSSR count). The van der Waals surface area contributed by atoms with Gasteiger partial charge >= 0.3 is 0 Å². The zero-order chi connectivity index (χ0) is 12.0. The van der Waals surface area contributed by atoms with Crippen LogP contribution in [-0.4, -0.2) is 44.0 Å². The van der Waals surface area contributed by atoms with Crippen molar-refractivity contribution < 1.29 is 9.47 Å². The third-order valence-corrected chi connectivity index (χ3v) is 3.06. The van der Waals surface area contributed by atoms with E-state index in [1.54, 1.807) is 0 Å². The molecule has 1 aliphatic heterocycles. The maximum absolute atomic E-state index is 5.59. The molecule has 1 fully saturated rings. The van der Waals surface area contributed by atoms with Crippen LogP contribution in [0.4, 0.5) is 0 Å². The predicted octanol–water partition coefficient (Wildman–Crippen LogP) is 2.36. The Morgan fingerprint density at radius 3 is 2.00 bits per heavy atom. The van der Waals surface area contributed by atoms with Gasteiger partial charge in [0.25, 0.3) is 0 Å². The van der Waals surface area contributed by atoms with Gasteiger partial charge in [0.15, 0.2) is 6.29 Å². The number of piperidine rings is 1. The Morgan fingerprint density at radius 1 is 1.06 bits per heavy atom. The van der Waals surface area contributed by atoms with E-state index in [0.717, 1.165) is 31.6 Å². The minimum Gasteiger partial charge on any atom is -0.352 e. The molecule has 3 heteroatoms. The fourth-order valence-corrected chi connectivity index (χ4v) is 2.68. The zero-order valence-corrected chi connectivity index (χ0v) is 11.2. The lowest BCUT2D eigenvalue weighted by atomic mass is 9.92. The molecular weight excluding hydrogens is 202 g/mol. The van der Waals surface area contributed by atoms with Crippen LogP contribution in [0.1, 0.15) is 34.1 Å². The molecule has 0 amide bonds. The first-order valence-electron chi connectivity index (χ1n) is 6.61. The minimum atomic E-state index is -0.0486. The Labute approximate surface area is 100 Å². The Hall–Kier alpha value is -0.120. The van der Waals surface area contributed by atoms with Gasteiger partial charge in [0.2, 0.25) is 0 Å². The first-order valence-corrected chi connectivity index (χ1v) is 6.61. The van der Waals surface area contributed by atoms with E-state index in [1.807, 2.05) is 13.8 Å². The van der Waals surface area contributed by atoms with E-state index in [0.29, 0.717) is 0 Å². The van der Waals surface area contributed by atoms with E-state index in [-0.39, 0.29) is 6.29 Å². The van der Waals surface area contributed by atoms with Gasteiger partial charge in [0.1, 0.15) is 0 Å². The Bertz CT molecular complexity index is 171. The summed E-state index contributed by atoms with van der Waals surface area (Å²) >= 11 is 0. The van der Waals surface area contributed by atoms with Crippen LogP contribution in [-0.2, 0) is 9.47 Å². The van der Waals surface area contributed by atoms with Crippen molar-refractivity contribution >= 4 is 0 Å². The molecule has 1 heterocycles. The summed E-state index contributed by atoms with van der Waals surface area (Å²) in [6, 6.07) is 0. The Morgan fingerprint density at radius 2 is 1.56 bits per heavy atom. The third kappa shape index (κ3) is 4.81. The minimum absolute atomic E-state index is 0.0486. The van der Waals surface area contributed by atoms with E-state index in [9.17, 15) is 0 Å². The van der Waals surface area contributed by atoms with Crippen LogP contribution in [0, 0.1) is 11.8 Å². The molecule has 0 radical (unpaired) electrons. The number of nitrogens with zero attached hydrogens (tertiary/aromatic N) is 1. The zero-order valence-electron chi connectivity index (χ0n) is 11.2. The van der Waals surface area contributed by atoms with Gasteiger partial charge in [0, 0.05) is 32.8 Å². The van der Waals surface area contributed by atoms with Crippen LogP contribution >= 0.6 is 0 Å². The summed E-state index contributed by atoms with van der Waals surface area (Å²) in [5, 5.41) is 0. The second kappa shape index (κ2) is 7.25. The summed E-state index contributed by atoms with van der Waals surface area (Å²) in [6.07, 6.45) is 1.30. The highest BCUT2D eigenvalue weighted by Gasteiger charge is 2.24. The molecule has 0 saturated carbocycles. The summed E-state index contributed by atoms with van der Waals surface area (Å²) in [6.45, 7) is 13.4. The molecule has 3 nitrogen and oxygen atoms in total. The normalized spacial score (nSPS) is 27.6. The van der Waals surface area contributed by atoms with Gasteiger partial charge in [-0.1, -0.05) is 13.8 Å². The molecule has 96 valence electrons. The van der Waals surface area contributed by atoms with Crippen LogP contribution in [0.15, 0.2) is 0 Å². The summed E-state index contributed by atoms with van der Waals surface area (Å²) in [7, 11) is 0. The van der Waals surface area contributed by atoms with E-state index in [1.165, 1.54) is 19.5 Å². The third-order valence-electron chi connectivity index (χ3n) is 3.06. The van der Waals surface area contributed by atoms with Crippen molar-refractivity contribution in [1.29, 1.82) is 0 Å². The molecule has 1 saturated heterocycles. The van der Waals surface area contributed by atoms with Gasteiger partial charge in [-0.05, 0) is 32.1 Å². The van der Waals surface area contributed by atoms with Crippen molar-refractivity contribution in [3.63, 3.8) is 0 Å². The lowest BCUT2D eigenvalue weighted by Gasteiger charge is -2.36. The first-order chi connectivity index (χ1) is 7.65. The largest absolute Gasteiger partial charge is 0.352 e. The molecule has 0 bridgehead atoms. The molecule has 0 aromatic carbocycles. The number of ether oxygens (including phenoxy) is 2. The van der Waals surface area contributed by atoms with Crippen molar-refractivity contribution in [2.75, 3.05) is 32.8 Å². The first kappa shape index (κ1) is 13.9. The molecule has 0 aromatic heterocycles. The molecule has 2 unspecified atom stereocenters. The second-order valence-electron chi connectivity index (χ2n) is 5.00. The van der Waals surface area contributed by atoms with Crippen LogP contribution < -0.4 is 0 Å². The standard InChI is InChI=1S/C13H27NO2/c1-5-15-13(16-6-2)10-14-8-11(3)7-12(4)9-14/h11-13H,5-10H2,1-4H3. The van der Waals surface area contributed by atoms with Crippen molar-refractivity contribution in [2.45, 2.75) is 40.4 Å². The molecule has 0 aromatic rings. The summed E-state index contributed by atoms with van der Waals surface area (Å²) in [4.78, 5) is 2.48. The number of hydrogen-bond acceptors (Lipinski definition) is 3. The summed E-state index contributed by atoms with van der Waals surface area (Å²) in [5.74, 6) is 1.60. The van der Waals surface area contributed by atoms with Gasteiger partial charge in [-0.15, -0.1) is 0 Å². The smallest absolute Gasteiger partial charge is 0.170 e. The Balaban J connectivity index is 2.37. The summed E-state index contributed by atoms with van der Waals surface area (Å²) < 4.78 is 11.2. The van der Waals surface area contributed by atoms with Crippen LogP contribution in [0.25, 0.3) is 0 Å². The predicted molar refractivity (Wildman–Crippen MR) is 66.4 cm³/mol. The second-order valence-corrected chi connectivity index (χ2v) is 5.00. The highest BCUT2D eigenvalue weighted by atomic mass is 16.7. The lowest BCUT2D eigenvalue weighted by Crippen LogP contribution is -2.44. The maximum Gasteiger partial charge on any atom is 0.170 e. The van der Waals surface area contributed by atoms with Gasteiger partial charge in [-0.3, -0.25) is 4.90 Å². The van der Waals surface area contributed by atoms with E-state index >= 15 is 0 Å². The number of hydrogen-bond donors (Lipinski definition) is 0. The average molecular weight is 229 g/mol. The fraction of sp³-hybridized carbons (Fsp3) is 1.00. The van der Waals surface area contributed by atoms with Crippen LogP contribution in [0.3, 0.4) is 0 Å². The molecule has 0 N–H and O–H groups in total. The van der Waals surface area contributed by atoms with E-state index in [4.69, 9.17) is 9.47 Å². The number of likely N-dealkylation sites (tertiary alicyclic amines) is 1. The molecule has 1 aliphatic rings. The number of rotatable bonds is 6. The maximum atomic E-state index is 5.59. The summed E-state index contributed by atoms with van der Waals surface area (Å²) in [5.41, 5.74) is 0. The monoisotopic (exact) mass is 229 g/mol. The van der Waals surface area contributed by atoms with E-state index in [2.05, 4.69) is 18.7 Å². The van der Waals surface area contributed by atoms with Gasteiger partial charge < -0.3 is 9.47 Å². The van der Waals surface area contributed by atoms with Crippen molar-refractivity contribution in [3.8, 4) is 0 Å². The highest BCUT2D eigenvalue weighted by molar-refractivity contribution is 4.75. The van der Waals surface area contributed by atoms with Gasteiger partial charge in [0.05, 0.1) is 0 Å². The van der Waals surface area contributed by atoms with Crippen LogP contribution in [0.5, 0.6) is 0 Å². The SMILES string of the molecule is CCOC(CN1CC(C)CC(C)C1)OCC. The van der Waals surface area contributed by atoms with Crippen LogP contribution in [0.2, 0.25) is 0 Å². The quantitative estimate of drug-likeness (QED) is 0.653. The fourth-order valence-electron chi connectivity index (χ4n) is 2.68. The van der Waals surface area contributed by atoms with Crippen molar-refractivity contribution in [3.05, 3.63) is 0 Å². The molecule has 16 heavy (non-hydrogen) atoms. The molecule has 0 spiro atoms. The van der Waals surface area contributed by atoms with Crippen molar-refractivity contribution in [2.24, 2.45) is 11.8 Å². The lowest BCUT2D eigenvalue weighted by molar-refractivity contribution is -0.150. The topological polar surface area (TPSA) is 21.7 Å². The van der Waals surface area contributed by atoms with Gasteiger partial charge in [-0.25, -0.2) is 0 Å². The van der Waals surface area contributed by atoms with Crippen molar-refractivity contribution in [1.82, 2.24) is 4.90 Å². The van der Waals surface area contributed by atoms with Gasteiger partial charge in [-0.2, -0.15) is 0 Å². The molecule has 0 aliphatic carbocycles. The average Bonchev–Trinajstić information content (AvgIpc) is 2.16.